The van der Waals surface area contributed by atoms with Gasteiger partial charge in [-0.1, -0.05) is 64.4 Å². The van der Waals surface area contributed by atoms with E-state index in [9.17, 15) is 14.4 Å². The Balaban J connectivity index is 2.05. The lowest BCUT2D eigenvalue weighted by atomic mass is 9.63. The smallest absolute Gasteiger partial charge is 0.408 e. The van der Waals surface area contributed by atoms with E-state index >= 15 is 0 Å². The number of ether oxygens (including phenoxy) is 2. The highest BCUT2D eigenvalue weighted by Gasteiger charge is 2.44. The summed E-state index contributed by atoms with van der Waals surface area (Å²) in [6, 6.07) is -0.816. The normalized spacial score (nSPS) is 24.2. The van der Waals surface area contributed by atoms with E-state index in [0.717, 1.165) is 50.5 Å². The van der Waals surface area contributed by atoms with Crippen LogP contribution in [-0.2, 0) is 19.1 Å². The van der Waals surface area contributed by atoms with Gasteiger partial charge in [-0.2, -0.15) is 0 Å². The van der Waals surface area contributed by atoms with Crippen LogP contribution in [0.1, 0.15) is 119 Å². The fraction of sp³-hybridized carbons (Fsp3) is 0.815. The Kier molecular flexibility index (Phi) is 9.99. The first-order chi connectivity index (χ1) is 15.5. The number of fused-ring (bicyclic) bond motifs is 1. The third-order valence-electron chi connectivity index (χ3n) is 6.96. The monoisotopic (exact) mass is 463 g/mol. The average molecular weight is 464 g/mol. The Morgan fingerprint density at radius 2 is 1.79 bits per heavy atom. The number of amides is 1. The number of Topliss-reactive ketones (excluding diaryl/α,β-unsaturated/α-hetero) is 1. The minimum absolute atomic E-state index is 0.0887. The third-order valence-corrected chi connectivity index (χ3v) is 6.96. The van der Waals surface area contributed by atoms with Crippen molar-refractivity contribution in [2.24, 2.45) is 5.41 Å². The molecule has 0 heterocycles. The summed E-state index contributed by atoms with van der Waals surface area (Å²) in [5.41, 5.74) is 1.25. The van der Waals surface area contributed by atoms with Gasteiger partial charge in [0.1, 0.15) is 11.6 Å². The van der Waals surface area contributed by atoms with Crippen molar-refractivity contribution in [3.05, 3.63) is 11.1 Å². The zero-order chi connectivity index (χ0) is 24.6. The summed E-state index contributed by atoms with van der Waals surface area (Å²) in [5.74, 6) is -0.628. The van der Waals surface area contributed by atoms with Crippen molar-refractivity contribution in [1.29, 1.82) is 0 Å². The molecule has 1 N–H and O–H groups in total. The Hall–Kier alpha value is -1.85. The zero-order valence-corrected chi connectivity index (χ0v) is 21.7. The van der Waals surface area contributed by atoms with Crippen LogP contribution in [0.2, 0.25) is 0 Å². The van der Waals surface area contributed by atoms with Crippen molar-refractivity contribution >= 4 is 17.8 Å². The highest BCUT2D eigenvalue weighted by molar-refractivity contribution is 6.01. The number of carbonyl (C=O) groups is 3. The predicted molar refractivity (Wildman–Crippen MR) is 130 cm³/mol. The highest BCUT2D eigenvalue weighted by atomic mass is 16.6. The molecule has 0 aromatic heterocycles. The molecule has 6 nitrogen and oxygen atoms in total. The van der Waals surface area contributed by atoms with Crippen molar-refractivity contribution in [2.45, 2.75) is 136 Å². The number of ketones is 1. The van der Waals surface area contributed by atoms with E-state index in [-0.39, 0.29) is 11.2 Å². The molecule has 188 valence electrons. The lowest BCUT2D eigenvalue weighted by Gasteiger charge is -2.43. The molecule has 1 saturated carbocycles. The molecule has 0 aromatic rings. The first kappa shape index (κ1) is 27.4. The van der Waals surface area contributed by atoms with E-state index in [1.54, 1.807) is 20.8 Å². The molecule has 33 heavy (non-hydrogen) atoms. The van der Waals surface area contributed by atoms with E-state index in [1.165, 1.54) is 24.8 Å². The Bertz CT molecular complexity index is 735. The van der Waals surface area contributed by atoms with Crippen molar-refractivity contribution in [3.8, 4) is 0 Å². The maximum Gasteiger partial charge on any atom is 0.408 e. The number of hydrogen-bond acceptors (Lipinski definition) is 5. The number of rotatable bonds is 10. The van der Waals surface area contributed by atoms with Crippen molar-refractivity contribution < 1.29 is 23.9 Å². The van der Waals surface area contributed by atoms with Crippen LogP contribution in [-0.4, -0.2) is 35.6 Å². The van der Waals surface area contributed by atoms with Crippen LogP contribution < -0.4 is 5.32 Å². The molecule has 0 spiro atoms. The van der Waals surface area contributed by atoms with Crippen LogP contribution in [0.3, 0.4) is 0 Å². The van der Waals surface area contributed by atoms with Crippen molar-refractivity contribution in [1.82, 2.24) is 5.32 Å². The SMILES string of the molecule is CCCCCCCCC(NC(=O)OC(C)(C)C)C(=O)O[C@H]1C[C@]2(C)CCCCC2=C(C)C1=O. The lowest BCUT2D eigenvalue weighted by molar-refractivity contribution is -0.158. The van der Waals surface area contributed by atoms with Crippen LogP contribution in [0, 0.1) is 5.41 Å². The summed E-state index contributed by atoms with van der Waals surface area (Å²) < 4.78 is 11.1. The lowest BCUT2D eigenvalue weighted by Crippen LogP contribution is -2.48. The fourth-order valence-electron chi connectivity index (χ4n) is 5.17. The predicted octanol–water partition coefficient (Wildman–Crippen LogP) is 6.41. The summed E-state index contributed by atoms with van der Waals surface area (Å²) in [6.07, 6.45) is 10.3. The second kappa shape index (κ2) is 12.0. The van der Waals surface area contributed by atoms with Gasteiger partial charge in [0, 0.05) is 6.42 Å². The number of hydrogen-bond donors (Lipinski definition) is 1. The van der Waals surface area contributed by atoms with E-state index in [0.29, 0.717) is 12.8 Å². The summed E-state index contributed by atoms with van der Waals surface area (Å²) in [6.45, 7) is 11.6. The fourth-order valence-corrected chi connectivity index (χ4v) is 5.17. The first-order valence-electron chi connectivity index (χ1n) is 12.9. The van der Waals surface area contributed by atoms with Crippen LogP contribution >= 0.6 is 0 Å². The van der Waals surface area contributed by atoms with Gasteiger partial charge in [0.2, 0.25) is 0 Å². The summed E-state index contributed by atoms with van der Waals surface area (Å²) in [4.78, 5) is 38.5. The molecule has 1 unspecified atom stereocenters. The molecule has 2 aliphatic carbocycles. The maximum absolute atomic E-state index is 13.1. The second-order valence-electron chi connectivity index (χ2n) is 11.1. The van der Waals surface area contributed by atoms with Gasteiger partial charge < -0.3 is 14.8 Å². The van der Waals surface area contributed by atoms with Gasteiger partial charge in [-0.3, -0.25) is 4.79 Å². The molecule has 6 heteroatoms. The van der Waals surface area contributed by atoms with Crippen molar-refractivity contribution in [2.75, 3.05) is 0 Å². The van der Waals surface area contributed by atoms with Gasteiger partial charge in [0.25, 0.3) is 0 Å². The number of carbonyl (C=O) groups excluding carboxylic acids is 3. The molecule has 2 rings (SSSR count). The Morgan fingerprint density at radius 3 is 2.45 bits per heavy atom. The molecule has 1 amide bonds. The molecular formula is C27H45NO5. The summed E-state index contributed by atoms with van der Waals surface area (Å²) in [7, 11) is 0. The summed E-state index contributed by atoms with van der Waals surface area (Å²) in [5, 5.41) is 2.70. The summed E-state index contributed by atoms with van der Waals surface area (Å²) >= 11 is 0. The topological polar surface area (TPSA) is 81.7 Å². The number of esters is 1. The average Bonchev–Trinajstić information content (AvgIpc) is 2.71. The van der Waals surface area contributed by atoms with Gasteiger partial charge in [-0.15, -0.1) is 0 Å². The molecule has 0 saturated heterocycles. The second-order valence-corrected chi connectivity index (χ2v) is 11.1. The van der Waals surface area contributed by atoms with Crippen LogP contribution in [0.25, 0.3) is 0 Å². The van der Waals surface area contributed by atoms with Gasteiger partial charge >= 0.3 is 12.1 Å². The van der Waals surface area contributed by atoms with Crippen LogP contribution in [0.4, 0.5) is 4.79 Å². The number of unbranched alkanes of at least 4 members (excludes halogenated alkanes) is 5. The molecule has 0 bridgehead atoms. The van der Waals surface area contributed by atoms with Gasteiger partial charge in [0.15, 0.2) is 11.9 Å². The van der Waals surface area contributed by atoms with Crippen LogP contribution in [0.15, 0.2) is 11.1 Å². The minimum Gasteiger partial charge on any atom is -0.452 e. The number of allylic oxidation sites excluding steroid dienone is 1. The Labute approximate surface area is 200 Å². The quantitative estimate of drug-likeness (QED) is 0.299. The standard InChI is InChI=1S/C27H45NO5/c1-7-8-9-10-11-12-16-21(28-25(31)33-26(3,4)5)24(30)32-22-18-27(6)17-14-13-15-20(27)19(2)23(22)29/h21-22H,7-18H2,1-6H3,(H,28,31)/t21?,22-,27-/m0/s1. The molecule has 1 fully saturated rings. The van der Waals surface area contributed by atoms with E-state index in [2.05, 4.69) is 19.2 Å². The largest absolute Gasteiger partial charge is 0.452 e. The van der Waals surface area contributed by atoms with E-state index in [4.69, 9.17) is 9.47 Å². The number of nitrogens with one attached hydrogen (secondary N) is 1. The third kappa shape index (κ3) is 8.15. The minimum atomic E-state index is -0.816. The van der Waals surface area contributed by atoms with Crippen LogP contribution in [0.5, 0.6) is 0 Å². The van der Waals surface area contributed by atoms with E-state index < -0.39 is 29.8 Å². The van der Waals surface area contributed by atoms with Gasteiger partial charge in [0.05, 0.1) is 0 Å². The molecule has 0 aliphatic heterocycles. The molecular weight excluding hydrogens is 418 g/mol. The zero-order valence-electron chi connectivity index (χ0n) is 21.7. The van der Waals surface area contributed by atoms with Crippen molar-refractivity contribution in [3.63, 3.8) is 0 Å². The Morgan fingerprint density at radius 1 is 1.12 bits per heavy atom. The highest BCUT2D eigenvalue weighted by Crippen LogP contribution is 2.49. The maximum atomic E-state index is 13.1. The molecule has 0 radical (unpaired) electrons. The molecule has 0 aromatic carbocycles. The molecule has 2 aliphatic rings. The number of alkyl carbamates (subject to hydrolysis) is 1. The molecule has 3 atom stereocenters. The van der Waals surface area contributed by atoms with Gasteiger partial charge in [-0.25, -0.2) is 9.59 Å². The first-order valence-corrected chi connectivity index (χ1v) is 12.9. The van der Waals surface area contributed by atoms with Gasteiger partial charge in [-0.05, 0) is 64.4 Å². The van der Waals surface area contributed by atoms with E-state index in [1.807, 2.05) is 6.92 Å².